The molecule has 0 aliphatic heterocycles. The number of hydrogen-bond acceptors (Lipinski definition) is 5. The van der Waals surface area contributed by atoms with Crippen molar-refractivity contribution in [3.05, 3.63) is 47.1 Å². The number of carboxylic acid groups (broad SMARTS) is 1. The minimum atomic E-state index is -1.08. The van der Waals surface area contributed by atoms with E-state index in [0.29, 0.717) is 5.69 Å². The predicted octanol–water partition coefficient (Wildman–Crippen LogP) is 2.75. The number of rotatable bonds is 3. The molecule has 0 aliphatic carbocycles. The van der Waals surface area contributed by atoms with Gasteiger partial charge in [-0.25, -0.2) is 4.98 Å². The van der Waals surface area contributed by atoms with Gasteiger partial charge >= 0.3 is 5.97 Å². The molecule has 2 aromatic heterocycles. The summed E-state index contributed by atoms with van der Waals surface area (Å²) in [5, 5.41) is 12.4. The second kappa shape index (κ2) is 5.23. The van der Waals surface area contributed by atoms with Crippen molar-refractivity contribution >= 4 is 28.2 Å². The van der Waals surface area contributed by atoms with Gasteiger partial charge in [0.15, 0.2) is 0 Å². The van der Waals surface area contributed by atoms with Crippen molar-refractivity contribution in [3.63, 3.8) is 0 Å². The average Bonchev–Trinajstić information content (AvgIpc) is 2.95. The van der Waals surface area contributed by atoms with Crippen LogP contribution in [-0.2, 0) is 4.79 Å². The number of carbonyl (C=O) groups is 1. The van der Waals surface area contributed by atoms with Gasteiger partial charge in [0.2, 0.25) is 0 Å². The lowest BCUT2D eigenvalue weighted by Gasteiger charge is -2.02. The van der Waals surface area contributed by atoms with Gasteiger partial charge in [-0.2, -0.15) is 0 Å². The Hall–Kier alpha value is -2.31. The van der Waals surface area contributed by atoms with Gasteiger partial charge in [0.05, 0.1) is 11.2 Å². The highest BCUT2D eigenvalue weighted by Crippen LogP contribution is 2.28. The zero-order valence-electron chi connectivity index (χ0n) is 11.3. The zero-order valence-corrected chi connectivity index (χ0v) is 12.1. The molecule has 0 saturated heterocycles. The maximum absolute atomic E-state index is 10.9. The number of hydrogen-bond donors (Lipinski definition) is 2. The van der Waals surface area contributed by atoms with Crippen LogP contribution in [0.25, 0.3) is 21.5 Å². The lowest BCUT2D eigenvalue weighted by Crippen LogP contribution is -2.20. The molecule has 1 aromatic carbocycles. The molecule has 0 fully saturated rings. The van der Waals surface area contributed by atoms with Crippen molar-refractivity contribution in [2.24, 2.45) is 5.73 Å². The normalized spacial score (nSPS) is 12.5. The summed E-state index contributed by atoms with van der Waals surface area (Å²) in [6, 6.07) is 8.76. The van der Waals surface area contributed by atoms with E-state index < -0.39 is 12.0 Å². The van der Waals surface area contributed by atoms with E-state index >= 15 is 0 Å². The minimum Gasteiger partial charge on any atom is -0.480 e. The van der Waals surface area contributed by atoms with Crippen LogP contribution in [0.4, 0.5) is 0 Å². The van der Waals surface area contributed by atoms with Gasteiger partial charge in [-0.15, -0.1) is 11.3 Å². The molecule has 3 aromatic rings. The van der Waals surface area contributed by atoms with Crippen molar-refractivity contribution in [1.29, 1.82) is 0 Å². The summed E-state index contributed by atoms with van der Waals surface area (Å²) in [6.07, 6.45) is 0. The Bertz CT molecular complexity index is 829. The molecule has 106 valence electrons. The van der Waals surface area contributed by atoms with E-state index in [9.17, 15) is 4.79 Å². The molecule has 1 atom stereocenters. The van der Waals surface area contributed by atoms with Crippen molar-refractivity contribution in [2.45, 2.75) is 13.0 Å². The first-order valence-electron chi connectivity index (χ1n) is 6.36. The fraction of sp³-hybridized carbons (Fsp3) is 0.133. The number of aryl methyl sites for hydroxylation is 1. The minimum absolute atomic E-state index is 0.379. The number of aliphatic carboxylic acids is 1. The molecule has 3 rings (SSSR count). The Kier molecular flexibility index (Phi) is 3.40. The monoisotopic (exact) mass is 299 g/mol. The number of benzene rings is 1. The summed E-state index contributed by atoms with van der Waals surface area (Å²) in [4.78, 5) is 19.7. The van der Waals surface area contributed by atoms with E-state index in [2.05, 4.69) is 9.97 Å². The molecule has 2 heterocycles. The summed E-state index contributed by atoms with van der Waals surface area (Å²) in [5.74, 6) is -1.08. The predicted molar refractivity (Wildman–Crippen MR) is 82.2 cm³/mol. The van der Waals surface area contributed by atoms with Gasteiger partial charge in [-0.3, -0.25) is 9.78 Å². The third-order valence-electron chi connectivity index (χ3n) is 3.18. The van der Waals surface area contributed by atoms with Gasteiger partial charge in [-0.05, 0) is 31.2 Å². The van der Waals surface area contributed by atoms with Crippen LogP contribution in [0.5, 0.6) is 0 Å². The van der Waals surface area contributed by atoms with E-state index in [1.807, 2.05) is 37.3 Å². The molecule has 21 heavy (non-hydrogen) atoms. The van der Waals surface area contributed by atoms with Gasteiger partial charge < -0.3 is 10.8 Å². The largest absolute Gasteiger partial charge is 0.480 e. The standard InChI is InChI=1S/C15H13N3O2S/c1-8-2-3-9-6-10(4-5-11(9)17-8)14-18-12(7-21-14)13(16)15(19)20/h2-7,13H,16H2,1H3,(H,19,20). The molecule has 0 amide bonds. The third-order valence-corrected chi connectivity index (χ3v) is 4.09. The Morgan fingerprint density at radius 1 is 1.29 bits per heavy atom. The topological polar surface area (TPSA) is 89.1 Å². The lowest BCUT2D eigenvalue weighted by atomic mass is 10.1. The van der Waals surface area contributed by atoms with E-state index in [1.54, 1.807) is 5.38 Å². The van der Waals surface area contributed by atoms with Gasteiger partial charge in [0.25, 0.3) is 0 Å². The SMILES string of the molecule is Cc1ccc2cc(-c3nc(C(N)C(=O)O)cs3)ccc2n1. The molecule has 0 saturated carbocycles. The van der Waals surface area contributed by atoms with Crippen LogP contribution >= 0.6 is 11.3 Å². The fourth-order valence-electron chi connectivity index (χ4n) is 2.05. The summed E-state index contributed by atoms with van der Waals surface area (Å²) in [6.45, 7) is 1.95. The second-order valence-electron chi connectivity index (χ2n) is 4.75. The second-order valence-corrected chi connectivity index (χ2v) is 5.61. The van der Waals surface area contributed by atoms with Crippen molar-refractivity contribution in [1.82, 2.24) is 9.97 Å². The maximum atomic E-state index is 10.9. The number of fused-ring (bicyclic) bond motifs is 1. The summed E-state index contributed by atoms with van der Waals surface area (Å²) in [7, 11) is 0. The third kappa shape index (κ3) is 2.63. The number of nitrogens with zero attached hydrogens (tertiary/aromatic N) is 2. The highest BCUT2D eigenvalue weighted by molar-refractivity contribution is 7.13. The molecule has 0 bridgehead atoms. The summed E-state index contributed by atoms with van der Waals surface area (Å²) < 4.78 is 0. The molecular formula is C15H13N3O2S. The number of aromatic nitrogens is 2. The van der Waals surface area contributed by atoms with Gasteiger partial charge in [-0.1, -0.05) is 6.07 Å². The first-order valence-corrected chi connectivity index (χ1v) is 7.24. The number of carboxylic acids is 1. The molecule has 0 aliphatic rings. The first-order chi connectivity index (χ1) is 10.0. The van der Waals surface area contributed by atoms with Crippen LogP contribution in [0.1, 0.15) is 17.4 Å². The highest BCUT2D eigenvalue weighted by Gasteiger charge is 2.18. The Balaban J connectivity index is 2.00. The van der Waals surface area contributed by atoms with E-state index in [0.717, 1.165) is 27.2 Å². The van der Waals surface area contributed by atoms with E-state index in [-0.39, 0.29) is 0 Å². The van der Waals surface area contributed by atoms with Crippen LogP contribution in [-0.4, -0.2) is 21.0 Å². The Morgan fingerprint density at radius 3 is 2.86 bits per heavy atom. The van der Waals surface area contributed by atoms with Crippen LogP contribution in [0.2, 0.25) is 0 Å². The molecular weight excluding hydrogens is 286 g/mol. The molecule has 3 N–H and O–H groups in total. The van der Waals surface area contributed by atoms with Gasteiger partial charge in [0.1, 0.15) is 11.0 Å². The number of thiazole rings is 1. The fourth-order valence-corrected chi connectivity index (χ4v) is 2.90. The summed E-state index contributed by atoms with van der Waals surface area (Å²) in [5.41, 5.74) is 8.78. The van der Waals surface area contributed by atoms with Crippen molar-refractivity contribution in [2.75, 3.05) is 0 Å². The zero-order chi connectivity index (χ0) is 15.0. The van der Waals surface area contributed by atoms with Crippen LogP contribution < -0.4 is 5.73 Å². The van der Waals surface area contributed by atoms with Gasteiger partial charge in [0, 0.05) is 22.0 Å². The molecule has 0 radical (unpaired) electrons. The Labute approximate surface area is 125 Å². The summed E-state index contributed by atoms with van der Waals surface area (Å²) >= 11 is 1.39. The number of nitrogens with two attached hydrogens (primary N) is 1. The Morgan fingerprint density at radius 2 is 2.10 bits per heavy atom. The van der Waals surface area contributed by atoms with Crippen LogP contribution in [0.15, 0.2) is 35.7 Å². The smallest absolute Gasteiger partial charge is 0.326 e. The number of pyridine rings is 1. The first kappa shape index (κ1) is 13.7. The molecule has 5 nitrogen and oxygen atoms in total. The molecule has 6 heteroatoms. The average molecular weight is 299 g/mol. The maximum Gasteiger partial charge on any atom is 0.326 e. The van der Waals surface area contributed by atoms with Crippen molar-refractivity contribution in [3.8, 4) is 10.6 Å². The lowest BCUT2D eigenvalue weighted by molar-refractivity contribution is -0.138. The van der Waals surface area contributed by atoms with Crippen LogP contribution in [0, 0.1) is 6.92 Å². The molecule has 1 unspecified atom stereocenters. The quantitative estimate of drug-likeness (QED) is 0.776. The van der Waals surface area contributed by atoms with E-state index in [4.69, 9.17) is 10.8 Å². The van der Waals surface area contributed by atoms with Crippen molar-refractivity contribution < 1.29 is 9.90 Å². The van der Waals surface area contributed by atoms with E-state index in [1.165, 1.54) is 11.3 Å². The molecule has 0 spiro atoms. The highest BCUT2D eigenvalue weighted by atomic mass is 32.1. The van der Waals surface area contributed by atoms with Crippen LogP contribution in [0.3, 0.4) is 0 Å².